The normalized spacial score (nSPS) is 13.2. The molecule has 0 aliphatic carbocycles. The highest BCUT2D eigenvalue weighted by Gasteiger charge is 2.02. The van der Waals surface area contributed by atoms with Gasteiger partial charge in [-0.1, -0.05) is 13.3 Å². The summed E-state index contributed by atoms with van der Waals surface area (Å²) in [6, 6.07) is 0. The Kier molecular flexibility index (Phi) is 10.3. The highest BCUT2D eigenvalue weighted by atomic mass is 32.2. The number of hydrogen-bond acceptors (Lipinski definition) is 3. The second-order valence-corrected chi connectivity index (χ2v) is 4.61. The zero-order valence-corrected chi connectivity index (χ0v) is 9.67. The molecule has 0 aromatic heterocycles. The van der Waals surface area contributed by atoms with Crippen LogP contribution in [-0.4, -0.2) is 23.8 Å². The van der Waals surface area contributed by atoms with Gasteiger partial charge in [-0.15, -0.1) is 0 Å². The third-order valence-electron chi connectivity index (χ3n) is 1.96. The number of unbranched alkanes of at least 4 members (excludes halogenated alkanes) is 1. The molecule has 12 heavy (non-hydrogen) atoms. The van der Waals surface area contributed by atoms with Crippen molar-refractivity contribution >= 4 is 24.4 Å². The first-order valence-corrected chi connectivity index (χ1v) is 6.52. The van der Waals surface area contributed by atoms with E-state index in [1.807, 2.05) is 11.8 Å². The Morgan fingerprint density at radius 3 is 2.67 bits per heavy atom. The van der Waals surface area contributed by atoms with Crippen molar-refractivity contribution in [3.05, 3.63) is 0 Å². The third-order valence-corrected chi connectivity index (χ3v) is 3.56. The van der Waals surface area contributed by atoms with Crippen molar-refractivity contribution < 1.29 is 0 Å². The van der Waals surface area contributed by atoms with E-state index < -0.39 is 0 Å². The Bertz CT molecular complexity index is 84.6. The summed E-state index contributed by atoms with van der Waals surface area (Å²) in [6.45, 7) is 3.06. The minimum Gasteiger partial charge on any atom is -0.330 e. The van der Waals surface area contributed by atoms with Crippen molar-refractivity contribution in [1.82, 2.24) is 0 Å². The van der Waals surface area contributed by atoms with Crippen molar-refractivity contribution in [2.75, 3.05) is 23.8 Å². The Labute approximate surface area is 86.3 Å². The lowest BCUT2D eigenvalue weighted by Crippen LogP contribution is -2.15. The van der Waals surface area contributed by atoms with Gasteiger partial charge in [-0.2, -0.15) is 24.4 Å². The fourth-order valence-electron chi connectivity index (χ4n) is 0.918. The molecule has 0 bridgehead atoms. The van der Waals surface area contributed by atoms with Crippen LogP contribution in [-0.2, 0) is 0 Å². The standard InChI is InChI=1S/C9H21NS2/c1-2-9(7-10)8-12-6-4-3-5-11/h9,11H,2-8,10H2,1H3. The van der Waals surface area contributed by atoms with Gasteiger partial charge in [-0.05, 0) is 42.6 Å². The number of nitrogens with two attached hydrogens (primary N) is 1. The molecule has 0 saturated carbocycles. The summed E-state index contributed by atoms with van der Waals surface area (Å²) < 4.78 is 0. The maximum atomic E-state index is 5.60. The number of thioether (sulfide) groups is 1. The topological polar surface area (TPSA) is 26.0 Å². The molecule has 1 nitrogen and oxygen atoms in total. The average molecular weight is 207 g/mol. The molecule has 2 N–H and O–H groups in total. The van der Waals surface area contributed by atoms with Gasteiger partial charge in [-0.25, -0.2) is 0 Å². The molecule has 0 saturated heterocycles. The van der Waals surface area contributed by atoms with Crippen molar-refractivity contribution in [2.45, 2.75) is 26.2 Å². The van der Waals surface area contributed by atoms with Crippen LogP contribution in [0.4, 0.5) is 0 Å². The van der Waals surface area contributed by atoms with E-state index in [4.69, 9.17) is 5.73 Å². The van der Waals surface area contributed by atoms with Gasteiger partial charge in [-0.3, -0.25) is 0 Å². The summed E-state index contributed by atoms with van der Waals surface area (Å²) in [5.74, 6) is 4.26. The minimum absolute atomic E-state index is 0.728. The predicted octanol–water partition coefficient (Wildman–Crippen LogP) is 2.41. The average Bonchev–Trinajstić information content (AvgIpc) is 2.11. The van der Waals surface area contributed by atoms with E-state index in [0.717, 1.165) is 18.2 Å². The van der Waals surface area contributed by atoms with Gasteiger partial charge in [0.2, 0.25) is 0 Å². The minimum atomic E-state index is 0.728. The number of rotatable bonds is 8. The van der Waals surface area contributed by atoms with Crippen LogP contribution in [0.5, 0.6) is 0 Å². The highest BCUT2D eigenvalue weighted by Crippen LogP contribution is 2.12. The van der Waals surface area contributed by atoms with Gasteiger partial charge in [0.1, 0.15) is 0 Å². The molecule has 74 valence electrons. The summed E-state index contributed by atoms with van der Waals surface area (Å²) in [5, 5.41) is 0. The van der Waals surface area contributed by atoms with Crippen molar-refractivity contribution in [2.24, 2.45) is 11.7 Å². The molecule has 0 radical (unpaired) electrons. The quantitative estimate of drug-likeness (QED) is 0.472. The molecule has 1 unspecified atom stereocenters. The Morgan fingerprint density at radius 1 is 1.42 bits per heavy atom. The molecular weight excluding hydrogens is 186 g/mol. The van der Waals surface area contributed by atoms with Gasteiger partial charge in [0.05, 0.1) is 0 Å². The van der Waals surface area contributed by atoms with Crippen LogP contribution in [0.25, 0.3) is 0 Å². The van der Waals surface area contributed by atoms with Gasteiger partial charge < -0.3 is 5.73 Å². The van der Waals surface area contributed by atoms with E-state index in [1.165, 1.54) is 30.8 Å². The fraction of sp³-hybridized carbons (Fsp3) is 1.00. The van der Waals surface area contributed by atoms with E-state index in [-0.39, 0.29) is 0 Å². The number of thiol groups is 1. The van der Waals surface area contributed by atoms with Crippen LogP contribution < -0.4 is 5.73 Å². The molecule has 0 heterocycles. The van der Waals surface area contributed by atoms with E-state index in [2.05, 4.69) is 19.6 Å². The van der Waals surface area contributed by atoms with E-state index >= 15 is 0 Å². The maximum absolute atomic E-state index is 5.60. The first-order chi connectivity index (χ1) is 5.85. The second kappa shape index (κ2) is 9.75. The first-order valence-electron chi connectivity index (χ1n) is 4.73. The summed E-state index contributed by atoms with van der Waals surface area (Å²) >= 11 is 6.21. The van der Waals surface area contributed by atoms with E-state index in [1.54, 1.807) is 0 Å². The lowest BCUT2D eigenvalue weighted by molar-refractivity contribution is 0.585. The Hall–Kier alpha value is 0.660. The van der Waals surface area contributed by atoms with Crippen LogP contribution in [0.1, 0.15) is 26.2 Å². The van der Waals surface area contributed by atoms with Crippen molar-refractivity contribution in [3.8, 4) is 0 Å². The summed E-state index contributed by atoms with van der Waals surface area (Å²) in [4.78, 5) is 0. The van der Waals surface area contributed by atoms with Crippen LogP contribution in [0.15, 0.2) is 0 Å². The lowest BCUT2D eigenvalue weighted by atomic mass is 10.1. The largest absolute Gasteiger partial charge is 0.330 e. The fourth-order valence-corrected chi connectivity index (χ4v) is 2.42. The smallest absolute Gasteiger partial charge is 0.00272 e. The summed E-state index contributed by atoms with van der Waals surface area (Å²) in [6.07, 6.45) is 3.76. The molecular formula is C9H21NS2. The molecule has 0 aliphatic heterocycles. The van der Waals surface area contributed by atoms with Gasteiger partial charge in [0.25, 0.3) is 0 Å². The second-order valence-electron chi connectivity index (χ2n) is 3.02. The monoisotopic (exact) mass is 207 g/mol. The van der Waals surface area contributed by atoms with Gasteiger partial charge in [0.15, 0.2) is 0 Å². The van der Waals surface area contributed by atoms with E-state index in [0.29, 0.717) is 0 Å². The van der Waals surface area contributed by atoms with E-state index in [9.17, 15) is 0 Å². The van der Waals surface area contributed by atoms with Crippen molar-refractivity contribution in [3.63, 3.8) is 0 Å². The molecule has 0 fully saturated rings. The van der Waals surface area contributed by atoms with Crippen LogP contribution >= 0.6 is 24.4 Å². The molecule has 0 rings (SSSR count). The molecule has 0 aliphatic rings. The van der Waals surface area contributed by atoms with Crippen molar-refractivity contribution in [1.29, 1.82) is 0 Å². The van der Waals surface area contributed by atoms with Gasteiger partial charge >= 0.3 is 0 Å². The molecule has 0 aromatic rings. The Balaban J connectivity index is 3.06. The molecule has 3 heteroatoms. The highest BCUT2D eigenvalue weighted by molar-refractivity contribution is 7.99. The maximum Gasteiger partial charge on any atom is -0.00272 e. The first kappa shape index (κ1) is 12.7. The SMILES string of the molecule is CCC(CN)CSCCCCS. The third kappa shape index (κ3) is 7.32. The summed E-state index contributed by atoms with van der Waals surface area (Å²) in [5.41, 5.74) is 5.60. The zero-order chi connectivity index (χ0) is 9.23. The molecule has 0 spiro atoms. The predicted molar refractivity (Wildman–Crippen MR) is 63.2 cm³/mol. The molecule has 1 atom stereocenters. The molecule has 0 aromatic carbocycles. The van der Waals surface area contributed by atoms with Gasteiger partial charge in [0, 0.05) is 0 Å². The summed E-state index contributed by atoms with van der Waals surface area (Å²) in [7, 11) is 0. The van der Waals surface area contributed by atoms with Crippen LogP contribution in [0.2, 0.25) is 0 Å². The Morgan fingerprint density at radius 2 is 2.17 bits per heavy atom. The van der Waals surface area contributed by atoms with Crippen LogP contribution in [0.3, 0.4) is 0 Å². The zero-order valence-electron chi connectivity index (χ0n) is 7.96. The lowest BCUT2D eigenvalue weighted by Gasteiger charge is -2.10. The van der Waals surface area contributed by atoms with Crippen LogP contribution in [0, 0.1) is 5.92 Å². The number of hydrogen-bond donors (Lipinski definition) is 2. The molecule has 0 amide bonds.